The SMILES string of the molecule is O=C(O)C1c2ccc(Cl)cc2ONC1O. The lowest BCUT2D eigenvalue weighted by Crippen LogP contribution is -2.44. The summed E-state index contributed by atoms with van der Waals surface area (Å²) in [5, 5.41) is 18.8. The van der Waals surface area contributed by atoms with Crippen LogP contribution in [0, 0.1) is 0 Å². The Balaban J connectivity index is 2.48. The van der Waals surface area contributed by atoms with Gasteiger partial charge in [0.05, 0.1) is 0 Å². The van der Waals surface area contributed by atoms with Crippen molar-refractivity contribution in [1.82, 2.24) is 5.48 Å². The molecule has 0 radical (unpaired) electrons. The molecule has 0 spiro atoms. The van der Waals surface area contributed by atoms with Crippen molar-refractivity contribution in [2.45, 2.75) is 12.1 Å². The van der Waals surface area contributed by atoms with E-state index in [1.807, 2.05) is 0 Å². The molecule has 0 aliphatic carbocycles. The summed E-state index contributed by atoms with van der Waals surface area (Å²) < 4.78 is 0. The molecule has 0 bridgehead atoms. The van der Waals surface area contributed by atoms with Crippen molar-refractivity contribution < 1.29 is 19.8 Å². The molecule has 0 fully saturated rings. The monoisotopic (exact) mass is 229 g/mol. The number of fused-ring (bicyclic) bond motifs is 1. The average molecular weight is 230 g/mol. The number of rotatable bonds is 1. The standard InChI is InChI=1S/C9H8ClNO4/c10-4-1-2-5-6(3-4)15-11-8(12)7(5)9(13)14/h1-3,7-8,11-12H,(H,13,14). The van der Waals surface area contributed by atoms with Crippen molar-refractivity contribution in [3.05, 3.63) is 28.8 Å². The van der Waals surface area contributed by atoms with Crippen LogP contribution in [0.3, 0.4) is 0 Å². The summed E-state index contributed by atoms with van der Waals surface area (Å²) in [5.41, 5.74) is 2.61. The van der Waals surface area contributed by atoms with Crippen LogP contribution in [0.1, 0.15) is 11.5 Å². The van der Waals surface area contributed by atoms with E-state index in [1.165, 1.54) is 12.1 Å². The van der Waals surface area contributed by atoms with Gasteiger partial charge in [-0.05, 0) is 6.07 Å². The van der Waals surface area contributed by atoms with Crippen LogP contribution in [0.25, 0.3) is 0 Å². The maximum absolute atomic E-state index is 10.9. The largest absolute Gasteiger partial charge is 0.481 e. The lowest BCUT2D eigenvalue weighted by atomic mass is 9.96. The predicted octanol–water partition coefficient (Wildman–Crippen LogP) is 0.724. The predicted molar refractivity (Wildman–Crippen MR) is 51.6 cm³/mol. The molecular formula is C9H8ClNO4. The van der Waals surface area contributed by atoms with E-state index >= 15 is 0 Å². The third kappa shape index (κ3) is 1.77. The van der Waals surface area contributed by atoms with Crippen LogP contribution in [-0.4, -0.2) is 22.4 Å². The highest BCUT2D eigenvalue weighted by molar-refractivity contribution is 6.30. The topological polar surface area (TPSA) is 78.8 Å². The van der Waals surface area contributed by atoms with E-state index < -0.39 is 18.1 Å². The third-order valence-electron chi connectivity index (χ3n) is 2.18. The van der Waals surface area contributed by atoms with Crippen LogP contribution in [0.2, 0.25) is 5.02 Å². The van der Waals surface area contributed by atoms with Gasteiger partial charge in [0.1, 0.15) is 5.92 Å². The Labute approximate surface area is 90.2 Å². The Bertz CT molecular complexity index is 409. The molecule has 0 amide bonds. The van der Waals surface area contributed by atoms with Crippen LogP contribution >= 0.6 is 11.6 Å². The van der Waals surface area contributed by atoms with Gasteiger partial charge in [-0.2, -0.15) is 0 Å². The third-order valence-corrected chi connectivity index (χ3v) is 2.42. The summed E-state index contributed by atoms with van der Waals surface area (Å²) in [6, 6.07) is 4.57. The average Bonchev–Trinajstić information content (AvgIpc) is 2.17. The Kier molecular flexibility index (Phi) is 2.52. The first-order valence-electron chi connectivity index (χ1n) is 4.22. The molecule has 5 nitrogen and oxygen atoms in total. The Morgan fingerprint density at radius 3 is 2.93 bits per heavy atom. The van der Waals surface area contributed by atoms with Crippen LogP contribution in [0.5, 0.6) is 5.75 Å². The zero-order valence-corrected chi connectivity index (χ0v) is 8.23. The number of hydrogen-bond donors (Lipinski definition) is 3. The van der Waals surface area contributed by atoms with E-state index in [0.29, 0.717) is 16.3 Å². The fourth-order valence-electron chi connectivity index (χ4n) is 1.48. The molecule has 1 aromatic rings. The van der Waals surface area contributed by atoms with E-state index in [2.05, 4.69) is 5.48 Å². The number of aliphatic carboxylic acids is 1. The number of carbonyl (C=O) groups is 1. The van der Waals surface area contributed by atoms with E-state index in [9.17, 15) is 9.90 Å². The van der Waals surface area contributed by atoms with Crippen molar-refractivity contribution >= 4 is 17.6 Å². The molecule has 0 saturated carbocycles. The lowest BCUT2D eigenvalue weighted by molar-refractivity contribution is -0.145. The molecule has 0 saturated heterocycles. The van der Waals surface area contributed by atoms with Crippen molar-refractivity contribution in [2.24, 2.45) is 0 Å². The molecular weight excluding hydrogens is 222 g/mol. The summed E-state index contributed by atoms with van der Waals surface area (Å²) in [6.45, 7) is 0. The summed E-state index contributed by atoms with van der Waals surface area (Å²) in [6.07, 6.45) is -1.27. The van der Waals surface area contributed by atoms with Gasteiger partial charge in [-0.25, -0.2) is 0 Å². The van der Waals surface area contributed by atoms with Gasteiger partial charge in [-0.15, -0.1) is 5.48 Å². The summed E-state index contributed by atoms with van der Waals surface area (Å²) in [4.78, 5) is 15.9. The van der Waals surface area contributed by atoms with E-state index in [1.54, 1.807) is 6.07 Å². The minimum Gasteiger partial charge on any atom is -0.481 e. The fraction of sp³-hybridized carbons (Fsp3) is 0.222. The molecule has 80 valence electrons. The second kappa shape index (κ2) is 3.69. The first-order chi connectivity index (χ1) is 7.09. The number of aliphatic hydroxyl groups excluding tert-OH is 1. The highest BCUT2D eigenvalue weighted by Gasteiger charge is 2.35. The number of carboxylic acids is 1. The van der Waals surface area contributed by atoms with E-state index in [-0.39, 0.29) is 0 Å². The Morgan fingerprint density at radius 2 is 2.27 bits per heavy atom. The molecule has 1 aromatic carbocycles. The zero-order valence-electron chi connectivity index (χ0n) is 7.48. The molecule has 15 heavy (non-hydrogen) atoms. The summed E-state index contributed by atoms with van der Waals surface area (Å²) >= 11 is 5.72. The minimum atomic E-state index is -1.27. The fourth-order valence-corrected chi connectivity index (χ4v) is 1.65. The van der Waals surface area contributed by atoms with Gasteiger partial charge in [0.25, 0.3) is 0 Å². The van der Waals surface area contributed by atoms with E-state index in [0.717, 1.165) is 0 Å². The number of aliphatic hydroxyl groups is 1. The van der Waals surface area contributed by atoms with Crippen LogP contribution in [0.4, 0.5) is 0 Å². The van der Waals surface area contributed by atoms with Crippen molar-refractivity contribution in [3.63, 3.8) is 0 Å². The number of hydroxylamine groups is 1. The lowest BCUT2D eigenvalue weighted by Gasteiger charge is -2.27. The second-order valence-electron chi connectivity index (χ2n) is 3.16. The van der Waals surface area contributed by atoms with Crippen molar-refractivity contribution in [1.29, 1.82) is 0 Å². The van der Waals surface area contributed by atoms with E-state index in [4.69, 9.17) is 21.5 Å². The number of carboxylic acid groups (broad SMARTS) is 1. The summed E-state index contributed by atoms with van der Waals surface area (Å²) in [7, 11) is 0. The maximum Gasteiger partial charge on any atom is 0.315 e. The smallest absolute Gasteiger partial charge is 0.315 e. The van der Waals surface area contributed by atoms with Crippen molar-refractivity contribution in [2.75, 3.05) is 0 Å². The maximum atomic E-state index is 10.9. The highest BCUT2D eigenvalue weighted by Crippen LogP contribution is 2.34. The molecule has 1 aliphatic heterocycles. The number of nitrogens with one attached hydrogen (secondary N) is 1. The quantitative estimate of drug-likeness (QED) is 0.662. The molecule has 1 aliphatic rings. The number of halogens is 1. The number of hydrogen-bond acceptors (Lipinski definition) is 4. The molecule has 2 atom stereocenters. The van der Waals surface area contributed by atoms with Gasteiger partial charge in [-0.3, -0.25) is 4.79 Å². The van der Waals surface area contributed by atoms with Gasteiger partial charge < -0.3 is 15.1 Å². The van der Waals surface area contributed by atoms with Crippen LogP contribution in [0.15, 0.2) is 18.2 Å². The van der Waals surface area contributed by atoms with Gasteiger partial charge in [0.15, 0.2) is 12.0 Å². The molecule has 2 rings (SSSR count). The Hall–Kier alpha value is -1.30. The minimum absolute atomic E-state index is 0.320. The second-order valence-corrected chi connectivity index (χ2v) is 3.60. The first kappa shape index (κ1) is 10.2. The molecule has 3 N–H and O–H groups in total. The highest BCUT2D eigenvalue weighted by atomic mass is 35.5. The van der Waals surface area contributed by atoms with Gasteiger partial charge in [-0.1, -0.05) is 17.7 Å². The molecule has 0 aromatic heterocycles. The molecule has 1 heterocycles. The summed E-state index contributed by atoms with van der Waals surface area (Å²) in [5.74, 6) is -1.85. The zero-order chi connectivity index (χ0) is 11.0. The van der Waals surface area contributed by atoms with Gasteiger partial charge in [0, 0.05) is 16.7 Å². The number of benzene rings is 1. The van der Waals surface area contributed by atoms with Crippen molar-refractivity contribution in [3.8, 4) is 5.75 Å². The Morgan fingerprint density at radius 1 is 1.53 bits per heavy atom. The van der Waals surface area contributed by atoms with Crippen LogP contribution < -0.4 is 10.3 Å². The van der Waals surface area contributed by atoms with Crippen LogP contribution in [-0.2, 0) is 4.79 Å². The van der Waals surface area contributed by atoms with Gasteiger partial charge >= 0.3 is 5.97 Å². The first-order valence-corrected chi connectivity index (χ1v) is 4.60. The molecule has 6 heteroatoms. The van der Waals surface area contributed by atoms with Gasteiger partial charge in [0.2, 0.25) is 0 Å². The normalized spacial score (nSPS) is 24.1. The molecule has 2 unspecified atom stereocenters.